The molecule has 2 saturated carbocycles. The lowest BCUT2D eigenvalue weighted by atomic mass is 9.63. The van der Waals surface area contributed by atoms with Crippen molar-refractivity contribution in [3.05, 3.63) is 186 Å². The summed E-state index contributed by atoms with van der Waals surface area (Å²) < 4.78 is 12.4. The van der Waals surface area contributed by atoms with E-state index in [2.05, 4.69) is 171 Å². The number of rotatable bonds is 0. The van der Waals surface area contributed by atoms with Crippen molar-refractivity contribution < 1.29 is 4.74 Å². The van der Waals surface area contributed by atoms with Crippen molar-refractivity contribution in [1.29, 1.82) is 10.5 Å². The Morgan fingerprint density at radius 3 is 1.37 bits per heavy atom. The molecule has 8 aromatic carbocycles. The fraction of sp³-hybridized carbons (Fsp3) is 0.342. The van der Waals surface area contributed by atoms with Gasteiger partial charge in [0.15, 0.2) is 11.4 Å². The van der Waals surface area contributed by atoms with E-state index in [0.717, 1.165) is 143 Å². The Balaban J connectivity index is 1.12. The van der Waals surface area contributed by atoms with Gasteiger partial charge < -0.3 is 13.5 Å². The molecule has 5 heterocycles. The van der Waals surface area contributed by atoms with Crippen LogP contribution in [0.5, 0.6) is 11.5 Å². The minimum absolute atomic E-state index is 0.279. The van der Waals surface area contributed by atoms with Crippen LogP contribution < -0.4 is 4.74 Å². The van der Waals surface area contributed by atoms with Crippen molar-refractivity contribution in [2.75, 3.05) is 0 Å². The van der Waals surface area contributed by atoms with Gasteiger partial charge in [-0.3, -0.25) is 0 Å². The molecule has 1 spiro atoms. The normalized spacial score (nSPS) is 22.9. The fourth-order valence-electron chi connectivity index (χ4n) is 22.5. The van der Waals surface area contributed by atoms with Crippen LogP contribution in [0, 0.1) is 35.8 Å². The topological polar surface area (TPSA) is 74.3 Å². The molecule has 0 N–H and O–H groups in total. The summed E-state index contributed by atoms with van der Waals surface area (Å²) in [5, 5.41) is 32.9. The van der Waals surface area contributed by atoms with Crippen LogP contribution in [0.2, 0.25) is 0 Å². The molecule has 12 aromatic rings. The van der Waals surface area contributed by atoms with Crippen LogP contribution in [0.4, 0.5) is 11.4 Å². The average molecular weight is 1110 g/mol. The summed E-state index contributed by atoms with van der Waals surface area (Å²) in [6.07, 6.45) is 10.8. The maximum Gasteiger partial charge on any atom is 0.193 e. The first kappa shape index (κ1) is 48.4. The SMILES string of the molecule is [C-]#[N+]c1cc2c(c3c1C1CCC3CC1)c1cc3c(c4c5c6c(c([N+]#[C-])cc5n2c14)C(C)(C)CC6(C)C)C1(c2ccccc2Oc2ccccc21)c1c-3cc2c3c4c(c(C#N)cc3n3c5cc(C#N)c6c(c5c1c23)C(C)(C)CC6(C)C)C1CCC4CC1. The lowest BCUT2D eigenvalue weighted by Gasteiger charge is -2.40. The summed E-state index contributed by atoms with van der Waals surface area (Å²) in [5.41, 5.74) is 24.9. The first-order valence-electron chi connectivity index (χ1n) is 31.8. The van der Waals surface area contributed by atoms with Gasteiger partial charge in [0, 0.05) is 65.3 Å². The van der Waals surface area contributed by atoms with Crippen molar-refractivity contribution in [2.45, 2.75) is 170 Å². The van der Waals surface area contributed by atoms with Gasteiger partial charge >= 0.3 is 0 Å². The predicted molar refractivity (Wildman–Crippen MR) is 344 cm³/mol. The first-order valence-corrected chi connectivity index (χ1v) is 31.8. The molecular weight excluding hydrogens is 1050 g/mol. The number of fused-ring (bicyclic) bond motifs is 31. The number of hydrogen-bond acceptors (Lipinski definition) is 3. The van der Waals surface area contributed by atoms with Crippen molar-refractivity contribution in [3.8, 4) is 34.8 Å². The van der Waals surface area contributed by atoms with Crippen molar-refractivity contribution in [2.24, 2.45) is 0 Å². The molecule has 86 heavy (non-hydrogen) atoms. The lowest BCUT2D eigenvalue weighted by molar-refractivity contribution is 0.361. The zero-order valence-corrected chi connectivity index (χ0v) is 50.1. The van der Waals surface area contributed by atoms with E-state index >= 15 is 0 Å². The maximum atomic E-state index is 11.6. The molecule has 0 amide bonds. The second-order valence-corrected chi connectivity index (χ2v) is 30.5. The van der Waals surface area contributed by atoms with Gasteiger partial charge in [-0.05, 0) is 225 Å². The Kier molecular flexibility index (Phi) is 8.35. The van der Waals surface area contributed by atoms with Gasteiger partial charge in [0.05, 0.1) is 63.9 Å². The summed E-state index contributed by atoms with van der Waals surface area (Å²) >= 11 is 0. The predicted octanol–water partition coefficient (Wildman–Crippen LogP) is 20.7. The molecule has 2 fully saturated rings. The van der Waals surface area contributed by atoms with Crippen LogP contribution in [0.15, 0.2) is 84.9 Å². The van der Waals surface area contributed by atoms with Gasteiger partial charge in [0.25, 0.3) is 0 Å². The van der Waals surface area contributed by atoms with Crippen molar-refractivity contribution in [3.63, 3.8) is 0 Å². The van der Waals surface area contributed by atoms with Gasteiger partial charge in [-0.2, -0.15) is 10.5 Å². The molecule has 10 aliphatic rings. The Morgan fingerprint density at radius 2 is 0.849 bits per heavy atom. The zero-order valence-electron chi connectivity index (χ0n) is 50.1. The third-order valence-electron chi connectivity index (χ3n) is 24.3. The number of nitrogens with zero attached hydrogens (tertiary/aromatic N) is 6. The highest BCUT2D eigenvalue weighted by atomic mass is 16.5. The highest BCUT2D eigenvalue weighted by Crippen LogP contribution is 2.71. The lowest BCUT2D eigenvalue weighted by Crippen LogP contribution is -2.32. The third-order valence-corrected chi connectivity index (χ3v) is 24.3. The van der Waals surface area contributed by atoms with Gasteiger partial charge in [-0.15, -0.1) is 0 Å². The van der Waals surface area contributed by atoms with Gasteiger partial charge in [0.2, 0.25) is 0 Å². The van der Waals surface area contributed by atoms with E-state index in [0.29, 0.717) is 23.7 Å². The molecular formula is C79H62N6O. The third kappa shape index (κ3) is 5.08. The highest BCUT2D eigenvalue weighted by molar-refractivity contribution is 6.33. The summed E-state index contributed by atoms with van der Waals surface area (Å²) in [4.78, 5) is 8.96. The van der Waals surface area contributed by atoms with Gasteiger partial charge in [0.1, 0.15) is 11.5 Å². The van der Waals surface area contributed by atoms with Crippen molar-refractivity contribution in [1.82, 2.24) is 8.80 Å². The minimum Gasteiger partial charge on any atom is -0.457 e. The molecule has 22 rings (SSSR count). The molecule has 7 heteroatoms. The van der Waals surface area contributed by atoms with Crippen LogP contribution in [0.1, 0.15) is 221 Å². The van der Waals surface area contributed by atoms with Crippen LogP contribution >= 0.6 is 0 Å². The number of nitriles is 2. The summed E-state index contributed by atoms with van der Waals surface area (Å²) in [6, 6.07) is 37.6. The molecule has 7 nitrogen and oxygen atoms in total. The summed E-state index contributed by atoms with van der Waals surface area (Å²) in [7, 11) is 0. The molecule has 0 unspecified atom stereocenters. The molecule has 414 valence electrons. The van der Waals surface area contributed by atoms with Crippen LogP contribution in [-0.4, -0.2) is 8.80 Å². The molecule has 0 radical (unpaired) electrons. The quantitative estimate of drug-likeness (QED) is 0.142. The monoisotopic (exact) mass is 1110 g/mol. The van der Waals surface area contributed by atoms with Crippen LogP contribution in [0.3, 0.4) is 0 Å². The molecule has 4 bridgehead atoms. The number of aromatic nitrogens is 2. The van der Waals surface area contributed by atoms with E-state index < -0.39 is 5.41 Å². The van der Waals surface area contributed by atoms with Crippen molar-refractivity contribution >= 4 is 87.6 Å². The van der Waals surface area contributed by atoms with Crippen LogP contribution in [0.25, 0.3) is 97.0 Å². The second kappa shape index (κ2) is 14.8. The number of ether oxygens (including phenoxy) is 1. The van der Waals surface area contributed by atoms with E-state index in [1.54, 1.807) is 0 Å². The fourth-order valence-corrected chi connectivity index (χ4v) is 22.5. The Labute approximate surface area is 499 Å². The standard InChI is InChI=1S/C79H62N6O/c1-75(2)35-77(5,6)71-63-52(28-42(34-81)67(71)75)84-51-27-41(33-80)57-37-19-23-39(24-20-37)59(57)61(51)45-29-43-44-30-46-62-53(31-49(82-9)58-38-21-25-40(26-22-38)60(58)62)85-54-32-50(83-10)70-72(78(7,8)36-76(70,3)4)64(54)66(74(46)85)69(44)79(68(43)65(63)73(45)84)47-15-11-13-17-55(47)86-56-18-14-12-16-48(56)79/h11-18,27-32,37-40H,19-26,35-36H2,1-8H3. The second-order valence-electron chi connectivity index (χ2n) is 30.5. The molecule has 4 aromatic heterocycles. The number of hydrogen-bond donors (Lipinski definition) is 0. The number of para-hydroxylation sites is 2. The number of benzene rings is 8. The molecule has 1 aliphatic heterocycles. The highest BCUT2D eigenvalue weighted by Gasteiger charge is 2.57. The van der Waals surface area contributed by atoms with E-state index in [1.807, 2.05) is 0 Å². The van der Waals surface area contributed by atoms with Gasteiger partial charge in [-0.1, -0.05) is 91.8 Å². The van der Waals surface area contributed by atoms with Gasteiger partial charge in [-0.25, -0.2) is 9.69 Å². The molecule has 0 saturated heterocycles. The largest absolute Gasteiger partial charge is 0.457 e. The first-order chi connectivity index (χ1) is 41.5. The van der Waals surface area contributed by atoms with E-state index in [-0.39, 0.29) is 21.7 Å². The summed E-state index contributed by atoms with van der Waals surface area (Å²) in [5.74, 6) is 3.09. The van der Waals surface area contributed by atoms with E-state index in [9.17, 15) is 10.5 Å². The smallest absolute Gasteiger partial charge is 0.193 e. The Bertz CT molecular complexity index is 5190. The van der Waals surface area contributed by atoms with E-state index in [1.165, 1.54) is 110 Å². The minimum atomic E-state index is -0.978. The van der Waals surface area contributed by atoms with E-state index in [4.69, 9.17) is 17.9 Å². The Morgan fingerprint density at radius 1 is 0.442 bits per heavy atom. The summed E-state index contributed by atoms with van der Waals surface area (Å²) in [6.45, 7) is 37.1. The zero-order chi connectivity index (χ0) is 58.1. The Hall–Kier alpha value is -8.88. The molecule has 9 aliphatic carbocycles. The molecule has 0 atom stereocenters. The maximum absolute atomic E-state index is 11.6. The average Bonchev–Trinajstić information content (AvgIpc) is 1.46. The van der Waals surface area contributed by atoms with Crippen LogP contribution in [-0.2, 0) is 27.1 Å².